The summed E-state index contributed by atoms with van der Waals surface area (Å²) >= 11 is 0. The van der Waals surface area contributed by atoms with Crippen LogP contribution in [0, 0.1) is 5.82 Å². The average Bonchev–Trinajstić information content (AvgIpc) is 3.15. The van der Waals surface area contributed by atoms with Gasteiger partial charge in [-0.05, 0) is 48.7 Å². The van der Waals surface area contributed by atoms with Crippen LogP contribution < -0.4 is 5.32 Å². The molecule has 0 atom stereocenters. The summed E-state index contributed by atoms with van der Waals surface area (Å²) in [6, 6.07) is 11.4. The van der Waals surface area contributed by atoms with E-state index in [2.05, 4.69) is 21.8 Å². The van der Waals surface area contributed by atoms with E-state index in [1.807, 2.05) is 19.9 Å². The maximum atomic E-state index is 13.3. The second-order valence-electron chi connectivity index (χ2n) is 8.15. The Morgan fingerprint density at radius 1 is 1.09 bits per heavy atom. The van der Waals surface area contributed by atoms with Crippen LogP contribution in [0.4, 0.5) is 4.39 Å². The Kier molecular flexibility index (Phi) is 8.79. The minimum atomic E-state index is -3.57. The molecule has 0 aliphatic heterocycles. The van der Waals surface area contributed by atoms with Crippen molar-refractivity contribution in [2.45, 2.75) is 57.9 Å². The van der Waals surface area contributed by atoms with Gasteiger partial charge >= 0.3 is 0 Å². The second-order valence-corrected chi connectivity index (χ2v) is 10.1. The van der Waals surface area contributed by atoms with Crippen LogP contribution in [0.5, 0.6) is 0 Å². The van der Waals surface area contributed by atoms with Gasteiger partial charge in [0.2, 0.25) is 15.9 Å². The molecule has 1 aromatic heterocycles. The molecule has 1 heterocycles. The van der Waals surface area contributed by atoms with Crippen LogP contribution in [0.25, 0.3) is 11.0 Å². The van der Waals surface area contributed by atoms with Gasteiger partial charge in [-0.1, -0.05) is 32.9 Å². The van der Waals surface area contributed by atoms with Crippen molar-refractivity contribution < 1.29 is 17.6 Å². The quantitative estimate of drug-likeness (QED) is 0.419. The van der Waals surface area contributed by atoms with Gasteiger partial charge in [0.1, 0.15) is 11.6 Å². The van der Waals surface area contributed by atoms with Gasteiger partial charge < -0.3 is 9.88 Å². The van der Waals surface area contributed by atoms with Crippen LogP contribution in [-0.2, 0) is 34.2 Å². The fraction of sp³-hybridized carbons (Fsp3) is 0.440. The van der Waals surface area contributed by atoms with E-state index in [9.17, 15) is 17.6 Å². The highest BCUT2D eigenvalue weighted by Crippen LogP contribution is 2.24. The molecule has 0 unspecified atom stereocenters. The van der Waals surface area contributed by atoms with E-state index in [0.29, 0.717) is 38.0 Å². The highest BCUT2D eigenvalue weighted by atomic mass is 32.2. The van der Waals surface area contributed by atoms with E-state index < -0.39 is 10.0 Å². The number of carbonyl (C=O) groups excluding carboxylic acids is 1. The van der Waals surface area contributed by atoms with Crippen molar-refractivity contribution in [1.82, 2.24) is 19.2 Å². The number of rotatable bonds is 12. The van der Waals surface area contributed by atoms with Crippen molar-refractivity contribution in [1.29, 1.82) is 0 Å². The molecule has 3 rings (SSSR count). The van der Waals surface area contributed by atoms with Crippen LogP contribution in [0.15, 0.2) is 47.4 Å². The van der Waals surface area contributed by atoms with E-state index in [1.54, 1.807) is 24.3 Å². The van der Waals surface area contributed by atoms with E-state index in [-0.39, 0.29) is 23.0 Å². The predicted molar refractivity (Wildman–Crippen MR) is 132 cm³/mol. The Labute approximate surface area is 201 Å². The first-order valence-electron chi connectivity index (χ1n) is 11.8. The number of fused-ring (bicyclic) bond motifs is 1. The van der Waals surface area contributed by atoms with Gasteiger partial charge in [0.05, 0.1) is 15.9 Å². The monoisotopic (exact) mass is 488 g/mol. The van der Waals surface area contributed by atoms with Crippen LogP contribution >= 0.6 is 0 Å². The van der Waals surface area contributed by atoms with Crippen LogP contribution in [0.3, 0.4) is 0 Å². The Balaban J connectivity index is 1.71. The summed E-state index contributed by atoms with van der Waals surface area (Å²) in [5, 5.41) is 2.88. The molecular weight excluding hydrogens is 455 g/mol. The Morgan fingerprint density at radius 3 is 2.53 bits per heavy atom. The number of nitrogens with zero attached hydrogens (tertiary/aromatic N) is 3. The highest BCUT2D eigenvalue weighted by molar-refractivity contribution is 7.89. The number of benzene rings is 2. The Morgan fingerprint density at radius 2 is 1.85 bits per heavy atom. The molecule has 0 aliphatic rings. The minimum absolute atomic E-state index is 0.101. The Bertz CT molecular complexity index is 1240. The summed E-state index contributed by atoms with van der Waals surface area (Å²) in [5.41, 5.74) is 2.31. The number of hydrogen-bond donors (Lipinski definition) is 1. The SMILES string of the molecule is CCCn1c(CCC(=O)NCCc2cccc(F)c2)nc2cc(S(=O)(=O)N(CC)CC)ccc21. The molecule has 34 heavy (non-hydrogen) atoms. The third-order valence-electron chi connectivity index (χ3n) is 5.79. The maximum absolute atomic E-state index is 13.3. The summed E-state index contributed by atoms with van der Waals surface area (Å²) in [5.74, 6) is 0.373. The lowest BCUT2D eigenvalue weighted by Gasteiger charge is -2.18. The summed E-state index contributed by atoms with van der Waals surface area (Å²) in [7, 11) is -3.57. The van der Waals surface area contributed by atoms with Crippen molar-refractivity contribution in [2.75, 3.05) is 19.6 Å². The zero-order valence-corrected chi connectivity index (χ0v) is 20.9. The summed E-state index contributed by atoms with van der Waals surface area (Å²) in [4.78, 5) is 17.3. The molecule has 0 fully saturated rings. The molecule has 0 aliphatic carbocycles. The first kappa shape index (κ1) is 25.8. The van der Waals surface area contributed by atoms with E-state index in [0.717, 1.165) is 29.9 Å². The van der Waals surface area contributed by atoms with Crippen LogP contribution in [0.1, 0.15) is 45.0 Å². The van der Waals surface area contributed by atoms with Crippen LogP contribution in [0.2, 0.25) is 0 Å². The van der Waals surface area contributed by atoms with E-state index in [1.165, 1.54) is 16.4 Å². The number of hydrogen-bond acceptors (Lipinski definition) is 4. The van der Waals surface area contributed by atoms with Crippen molar-refractivity contribution >= 4 is 27.0 Å². The second kappa shape index (κ2) is 11.6. The minimum Gasteiger partial charge on any atom is -0.356 e. The van der Waals surface area contributed by atoms with Gasteiger partial charge in [0.15, 0.2) is 0 Å². The van der Waals surface area contributed by atoms with E-state index >= 15 is 0 Å². The van der Waals surface area contributed by atoms with Crippen molar-refractivity contribution in [3.05, 3.63) is 59.7 Å². The maximum Gasteiger partial charge on any atom is 0.243 e. The Hall–Kier alpha value is -2.78. The number of amides is 1. The van der Waals surface area contributed by atoms with Crippen molar-refractivity contribution in [2.24, 2.45) is 0 Å². The van der Waals surface area contributed by atoms with Gasteiger partial charge in [0, 0.05) is 39.0 Å². The number of sulfonamides is 1. The first-order chi connectivity index (χ1) is 16.3. The molecular formula is C25H33FN4O3S. The predicted octanol–water partition coefficient (Wildman–Crippen LogP) is 3.91. The van der Waals surface area contributed by atoms with Gasteiger partial charge in [-0.3, -0.25) is 4.79 Å². The summed E-state index contributed by atoms with van der Waals surface area (Å²) in [6.45, 7) is 7.67. The van der Waals surface area contributed by atoms with Gasteiger partial charge in [-0.15, -0.1) is 0 Å². The van der Waals surface area contributed by atoms with Gasteiger partial charge in [-0.2, -0.15) is 4.31 Å². The van der Waals surface area contributed by atoms with E-state index in [4.69, 9.17) is 0 Å². The van der Waals surface area contributed by atoms with Gasteiger partial charge in [0.25, 0.3) is 0 Å². The third-order valence-corrected chi connectivity index (χ3v) is 7.84. The standard InChI is InChI=1S/C25H33FN4O3S/c1-4-16-30-23-11-10-21(34(32,33)29(5-2)6-3)18-22(23)28-24(30)12-13-25(31)27-15-14-19-8-7-9-20(26)17-19/h7-11,17-18H,4-6,12-16H2,1-3H3,(H,27,31). The molecule has 0 saturated heterocycles. The smallest absolute Gasteiger partial charge is 0.243 e. The van der Waals surface area contributed by atoms with Crippen LogP contribution in [-0.4, -0.2) is 47.8 Å². The largest absolute Gasteiger partial charge is 0.356 e. The number of carbonyl (C=O) groups is 1. The third kappa shape index (κ3) is 6.01. The topological polar surface area (TPSA) is 84.3 Å². The lowest BCUT2D eigenvalue weighted by atomic mass is 10.1. The molecule has 1 N–H and O–H groups in total. The molecule has 3 aromatic rings. The fourth-order valence-electron chi connectivity index (χ4n) is 4.05. The molecule has 7 nitrogen and oxygen atoms in total. The molecule has 184 valence electrons. The lowest BCUT2D eigenvalue weighted by molar-refractivity contribution is -0.121. The molecule has 2 aromatic carbocycles. The number of halogens is 1. The summed E-state index contributed by atoms with van der Waals surface area (Å²) < 4.78 is 42.6. The number of aromatic nitrogens is 2. The highest BCUT2D eigenvalue weighted by Gasteiger charge is 2.23. The normalized spacial score (nSPS) is 11.9. The van der Waals surface area contributed by atoms with Crippen molar-refractivity contribution in [3.8, 4) is 0 Å². The molecule has 0 bridgehead atoms. The van der Waals surface area contributed by atoms with Gasteiger partial charge in [-0.25, -0.2) is 17.8 Å². The fourth-order valence-corrected chi connectivity index (χ4v) is 5.53. The molecule has 9 heteroatoms. The molecule has 0 radical (unpaired) electrons. The van der Waals surface area contributed by atoms with Crippen molar-refractivity contribution in [3.63, 3.8) is 0 Å². The molecule has 1 amide bonds. The summed E-state index contributed by atoms with van der Waals surface area (Å²) in [6.07, 6.45) is 2.15. The zero-order chi connectivity index (χ0) is 24.7. The number of nitrogens with one attached hydrogen (secondary N) is 1. The lowest BCUT2D eigenvalue weighted by Crippen LogP contribution is -2.30. The average molecular weight is 489 g/mol. The number of imidazole rings is 1. The molecule has 0 saturated carbocycles. The zero-order valence-electron chi connectivity index (χ0n) is 20.1. The number of aryl methyl sites for hydroxylation is 2. The first-order valence-corrected chi connectivity index (χ1v) is 13.2. The molecule has 0 spiro atoms.